The van der Waals surface area contributed by atoms with Crippen molar-refractivity contribution in [3.05, 3.63) is 17.7 Å². The van der Waals surface area contributed by atoms with E-state index in [1.54, 1.807) is 6.33 Å². The Hall–Kier alpha value is -1.36. The SMILES string of the molecule is O=C(OC1CCCCC1)C1Cc2nc[nH]c2CN1. The third-order valence-electron chi connectivity index (χ3n) is 3.85. The van der Waals surface area contributed by atoms with Gasteiger partial charge in [-0.25, -0.2) is 4.98 Å². The topological polar surface area (TPSA) is 67.0 Å². The average Bonchev–Trinajstić information content (AvgIpc) is 2.87. The molecule has 1 fully saturated rings. The van der Waals surface area contributed by atoms with Crippen LogP contribution in [0, 0.1) is 0 Å². The molecule has 98 valence electrons. The van der Waals surface area contributed by atoms with Crippen molar-refractivity contribution >= 4 is 5.97 Å². The first kappa shape index (κ1) is 11.7. The lowest BCUT2D eigenvalue weighted by atomic mass is 9.97. The summed E-state index contributed by atoms with van der Waals surface area (Å²) in [5.74, 6) is -0.115. The van der Waals surface area contributed by atoms with E-state index in [2.05, 4.69) is 15.3 Å². The Kier molecular flexibility index (Phi) is 3.32. The maximum absolute atomic E-state index is 12.1. The molecular formula is C13H19N3O2. The Balaban J connectivity index is 1.57. The van der Waals surface area contributed by atoms with Crippen molar-refractivity contribution in [2.75, 3.05) is 0 Å². The van der Waals surface area contributed by atoms with Crippen LogP contribution in [0.1, 0.15) is 43.5 Å². The second-order valence-corrected chi connectivity index (χ2v) is 5.16. The first-order chi connectivity index (χ1) is 8.83. The summed E-state index contributed by atoms with van der Waals surface area (Å²) in [5, 5.41) is 3.20. The Bertz CT molecular complexity index is 424. The van der Waals surface area contributed by atoms with Crippen molar-refractivity contribution in [1.82, 2.24) is 15.3 Å². The van der Waals surface area contributed by atoms with Crippen molar-refractivity contribution < 1.29 is 9.53 Å². The second-order valence-electron chi connectivity index (χ2n) is 5.16. The maximum Gasteiger partial charge on any atom is 0.323 e. The summed E-state index contributed by atoms with van der Waals surface area (Å²) in [6, 6.07) is -0.234. The Labute approximate surface area is 106 Å². The molecule has 3 rings (SSSR count). The van der Waals surface area contributed by atoms with Gasteiger partial charge in [0.2, 0.25) is 0 Å². The van der Waals surface area contributed by atoms with Crippen molar-refractivity contribution in [3.8, 4) is 0 Å². The number of nitrogens with one attached hydrogen (secondary N) is 2. The number of aromatic nitrogens is 2. The summed E-state index contributed by atoms with van der Waals surface area (Å²) < 4.78 is 5.58. The van der Waals surface area contributed by atoms with E-state index in [0.717, 1.165) is 24.2 Å². The van der Waals surface area contributed by atoms with Gasteiger partial charge < -0.3 is 9.72 Å². The molecule has 0 bridgehead atoms. The fraction of sp³-hybridized carbons (Fsp3) is 0.692. The van der Waals surface area contributed by atoms with Gasteiger partial charge in [-0.05, 0) is 25.7 Å². The number of hydrogen-bond acceptors (Lipinski definition) is 4. The molecule has 2 N–H and O–H groups in total. The minimum absolute atomic E-state index is 0.115. The lowest BCUT2D eigenvalue weighted by Crippen LogP contribution is -2.44. The molecule has 0 spiro atoms. The molecule has 2 aliphatic rings. The summed E-state index contributed by atoms with van der Waals surface area (Å²) in [6.07, 6.45) is 8.11. The van der Waals surface area contributed by atoms with E-state index in [1.165, 1.54) is 19.3 Å². The monoisotopic (exact) mass is 249 g/mol. The number of hydrogen-bond donors (Lipinski definition) is 2. The molecule has 18 heavy (non-hydrogen) atoms. The summed E-state index contributed by atoms with van der Waals surface area (Å²) >= 11 is 0. The fourth-order valence-corrected chi connectivity index (χ4v) is 2.77. The van der Waals surface area contributed by atoms with Gasteiger partial charge in [-0.3, -0.25) is 10.1 Å². The van der Waals surface area contributed by atoms with E-state index >= 15 is 0 Å². The molecule has 0 aromatic carbocycles. The number of H-pyrrole nitrogens is 1. The van der Waals surface area contributed by atoms with E-state index < -0.39 is 0 Å². The normalized spacial score (nSPS) is 24.6. The first-order valence-corrected chi connectivity index (χ1v) is 6.78. The molecule has 1 aliphatic carbocycles. The van der Waals surface area contributed by atoms with Gasteiger partial charge in [0, 0.05) is 13.0 Å². The number of carbonyl (C=O) groups excluding carboxylic acids is 1. The molecule has 1 aromatic rings. The maximum atomic E-state index is 12.1. The highest BCUT2D eigenvalue weighted by atomic mass is 16.5. The van der Waals surface area contributed by atoms with Crippen molar-refractivity contribution in [2.45, 2.75) is 57.2 Å². The highest BCUT2D eigenvalue weighted by molar-refractivity contribution is 5.76. The zero-order valence-corrected chi connectivity index (χ0v) is 10.4. The molecule has 1 atom stereocenters. The summed E-state index contributed by atoms with van der Waals surface area (Å²) in [5.41, 5.74) is 2.07. The van der Waals surface area contributed by atoms with Gasteiger partial charge in [0.15, 0.2) is 0 Å². The predicted molar refractivity (Wildman–Crippen MR) is 65.9 cm³/mol. The first-order valence-electron chi connectivity index (χ1n) is 6.78. The third-order valence-corrected chi connectivity index (χ3v) is 3.85. The summed E-state index contributed by atoms with van der Waals surface area (Å²) in [4.78, 5) is 19.4. The second kappa shape index (κ2) is 5.10. The van der Waals surface area contributed by atoms with Crippen LogP contribution in [0.4, 0.5) is 0 Å². The van der Waals surface area contributed by atoms with Crippen LogP contribution in [0.3, 0.4) is 0 Å². The lowest BCUT2D eigenvalue weighted by Gasteiger charge is -2.26. The highest BCUT2D eigenvalue weighted by Gasteiger charge is 2.29. The summed E-state index contributed by atoms with van der Waals surface area (Å²) in [7, 11) is 0. The molecule has 0 amide bonds. The number of ether oxygens (including phenoxy) is 1. The van der Waals surface area contributed by atoms with Gasteiger partial charge in [0.25, 0.3) is 0 Å². The van der Waals surface area contributed by atoms with Gasteiger partial charge in [0.05, 0.1) is 17.7 Å². The molecule has 5 heteroatoms. The summed E-state index contributed by atoms with van der Waals surface area (Å²) in [6.45, 7) is 0.666. The molecule has 0 radical (unpaired) electrons. The van der Waals surface area contributed by atoms with Gasteiger partial charge in [0.1, 0.15) is 12.1 Å². The molecule has 1 aliphatic heterocycles. The van der Waals surface area contributed by atoms with E-state index in [9.17, 15) is 4.79 Å². The van der Waals surface area contributed by atoms with E-state index in [1.807, 2.05) is 0 Å². The average molecular weight is 249 g/mol. The minimum atomic E-state index is -0.234. The van der Waals surface area contributed by atoms with Crippen molar-refractivity contribution in [2.24, 2.45) is 0 Å². The zero-order valence-electron chi connectivity index (χ0n) is 10.4. The molecular weight excluding hydrogens is 230 g/mol. The van der Waals surface area contributed by atoms with E-state index in [-0.39, 0.29) is 18.1 Å². The Morgan fingerprint density at radius 2 is 2.17 bits per heavy atom. The smallest absolute Gasteiger partial charge is 0.323 e. The Morgan fingerprint density at radius 3 is 3.00 bits per heavy atom. The van der Waals surface area contributed by atoms with Gasteiger partial charge in [-0.1, -0.05) is 6.42 Å². The molecule has 1 aromatic heterocycles. The number of aromatic amines is 1. The quantitative estimate of drug-likeness (QED) is 0.775. The van der Waals surface area contributed by atoms with Crippen LogP contribution in [0.5, 0.6) is 0 Å². The number of carbonyl (C=O) groups is 1. The third kappa shape index (κ3) is 2.41. The zero-order chi connectivity index (χ0) is 12.4. The predicted octanol–water partition coefficient (Wildman–Crippen LogP) is 1.30. The van der Waals surface area contributed by atoms with Crippen LogP contribution < -0.4 is 5.32 Å². The number of rotatable bonds is 2. The number of esters is 1. The largest absolute Gasteiger partial charge is 0.461 e. The molecule has 2 heterocycles. The molecule has 5 nitrogen and oxygen atoms in total. The van der Waals surface area contributed by atoms with Crippen LogP contribution in [0.2, 0.25) is 0 Å². The molecule has 1 unspecified atom stereocenters. The van der Waals surface area contributed by atoms with Crippen LogP contribution >= 0.6 is 0 Å². The van der Waals surface area contributed by atoms with Gasteiger partial charge in [-0.15, -0.1) is 0 Å². The van der Waals surface area contributed by atoms with Crippen LogP contribution in [-0.2, 0) is 22.5 Å². The number of nitrogens with zero attached hydrogens (tertiary/aromatic N) is 1. The number of imidazole rings is 1. The van der Waals surface area contributed by atoms with Crippen LogP contribution in [-0.4, -0.2) is 28.1 Å². The highest BCUT2D eigenvalue weighted by Crippen LogP contribution is 2.21. The standard InChI is InChI=1S/C13H19N3O2/c17-13(18-9-4-2-1-3-5-9)11-6-10-12(7-14-11)16-8-15-10/h8-9,11,14H,1-7H2,(H,15,16). The fourth-order valence-electron chi connectivity index (χ4n) is 2.77. The van der Waals surface area contributed by atoms with E-state index in [0.29, 0.717) is 13.0 Å². The Morgan fingerprint density at radius 1 is 1.33 bits per heavy atom. The minimum Gasteiger partial charge on any atom is -0.461 e. The van der Waals surface area contributed by atoms with Crippen LogP contribution in [0.25, 0.3) is 0 Å². The van der Waals surface area contributed by atoms with Gasteiger partial charge >= 0.3 is 5.97 Å². The number of fused-ring (bicyclic) bond motifs is 1. The van der Waals surface area contributed by atoms with E-state index in [4.69, 9.17) is 4.74 Å². The van der Waals surface area contributed by atoms with Crippen molar-refractivity contribution in [3.63, 3.8) is 0 Å². The van der Waals surface area contributed by atoms with Crippen LogP contribution in [0.15, 0.2) is 6.33 Å². The molecule has 0 saturated heterocycles. The molecule has 1 saturated carbocycles. The van der Waals surface area contributed by atoms with Gasteiger partial charge in [-0.2, -0.15) is 0 Å². The van der Waals surface area contributed by atoms with Crippen molar-refractivity contribution in [1.29, 1.82) is 0 Å². The lowest BCUT2D eigenvalue weighted by molar-refractivity contribution is -0.153.